The molecule has 2 aliphatic rings. The maximum Gasteiger partial charge on any atom is 0.129 e. The van der Waals surface area contributed by atoms with Crippen LogP contribution in [-0.2, 0) is 12.8 Å². The van der Waals surface area contributed by atoms with Crippen molar-refractivity contribution in [3.05, 3.63) is 23.4 Å². The molecule has 0 amide bonds. The summed E-state index contributed by atoms with van der Waals surface area (Å²) in [7, 11) is 0. The van der Waals surface area contributed by atoms with Gasteiger partial charge in [-0.15, -0.1) is 0 Å². The van der Waals surface area contributed by atoms with Crippen molar-refractivity contribution in [2.24, 2.45) is 0 Å². The van der Waals surface area contributed by atoms with Crippen molar-refractivity contribution in [2.75, 3.05) is 18.0 Å². The van der Waals surface area contributed by atoms with Crippen molar-refractivity contribution in [3.8, 4) is 0 Å². The standard InChI is InChI=1S/C17H27N3/c1-17(2,3)18-12-14-7-5-11-20(14)16-10-9-13-6-4-8-15(13)19-16/h9-10,14,18H,4-8,11-12H2,1-3H3. The van der Waals surface area contributed by atoms with Crippen molar-refractivity contribution in [3.63, 3.8) is 0 Å². The minimum atomic E-state index is 0.194. The first-order chi connectivity index (χ1) is 9.53. The predicted octanol–water partition coefficient (Wildman–Crippen LogP) is 2.93. The van der Waals surface area contributed by atoms with Gasteiger partial charge in [0.2, 0.25) is 0 Å². The molecule has 110 valence electrons. The van der Waals surface area contributed by atoms with Crippen LogP contribution in [0.5, 0.6) is 0 Å². The van der Waals surface area contributed by atoms with Crippen LogP contribution >= 0.6 is 0 Å². The molecule has 20 heavy (non-hydrogen) atoms. The van der Waals surface area contributed by atoms with Crippen LogP contribution in [0.4, 0.5) is 5.82 Å². The third-order valence-corrected chi connectivity index (χ3v) is 4.45. The molecule has 1 unspecified atom stereocenters. The smallest absolute Gasteiger partial charge is 0.129 e. The van der Waals surface area contributed by atoms with Gasteiger partial charge in [-0.1, -0.05) is 6.07 Å². The average Bonchev–Trinajstić information content (AvgIpc) is 3.03. The van der Waals surface area contributed by atoms with E-state index in [1.807, 2.05) is 0 Å². The zero-order valence-electron chi connectivity index (χ0n) is 13.1. The van der Waals surface area contributed by atoms with E-state index in [4.69, 9.17) is 4.98 Å². The molecule has 3 heteroatoms. The quantitative estimate of drug-likeness (QED) is 0.918. The zero-order chi connectivity index (χ0) is 14.2. The predicted molar refractivity (Wildman–Crippen MR) is 84.4 cm³/mol. The molecular formula is C17H27N3. The fourth-order valence-corrected chi connectivity index (χ4v) is 3.34. The minimum Gasteiger partial charge on any atom is -0.352 e. The summed E-state index contributed by atoms with van der Waals surface area (Å²) in [6.07, 6.45) is 6.23. The third-order valence-electron chi connectivity index (χ3n) is 4.45. The number of nitrogens with zero attached hydrogens (tertiary/aromatic N) is 2. The van der Waals surface area contributed by atoms with E-state index in [1.54, 1.807) is 0 Å². The summed E-state index contributed by atoms with van der Waals surface area (Å²) in [5, 5.41) is 3.65. The molecule has 1 saturated heterocycles. The monoisotopic (exact) mass is 273 g/mol. The van der Waals surface area contributed by atoms with E-state index in [1.165, 1.54) is 49.2 Å². The lowest BCUT2D eigenvalue weighted by molar-refractivity contribution is 0.404. The van der Waals surface area contributed by atoms with Gasteiger partial charge in [0.15, 0.2) is 0 Å². The second kappa shape index (κ2) is 5.36. The highest BCUT2D eigenvalue weighted by atomic mass is 15.2. The normalized spacial score (nSPS) is 22.4. The largest absolute Gasteiger partial charge is 0.352 e. The lowest BCUT2D eigenvalue weighted by Gasteiger charge is -2.30. The first-order valence-corrected chi connectivity index (χ1v) is 8.03. The number of anilines is 1. The van der Waals surface area contributed by atoms with Gasteiger partial charge in [0.1, 0.15) is 5.82 Å². The second-order valence-corrected chi connectivity index (χ2v) is 7.25. The van der Waals surface area contributed by atoms with Gasteiger partial charge in [0.05, 0.1) is 0 Å². The van der Waals surface area contributed by atoms with Crippen LogP contribution < -0.4 is 10.2 Å². The molecule has 2 heterocycles. The number of aromatic nitrogens is 1. The fraction of sp³-hybridized carbons (Fsp3) is 0.706. The highest BCUT2D eigenvalue weighted by Gasteiger charge is 2.27. The Bertz CT molecular complexity index is 476. The van der Waals surface area contributed by atoms with Crippen molar-refractivity contribution in [2.45, 2.75) is 64.5 Å². The Kier molecular flexibility index (Phi) is 3.72. The molecule has 0 spiro atoms. The molecule has 1 aromatic heterocycles. The van der Waals surface area contributed by atoms with E-state index in [2.05, 4.69) is 43.1 Å². The Morgan fingerprint density at radius 3 is 2.90 bits per heavy atom. The number of rotatable bonds is 3. The van der Waals surface area contributed by atoms with Crippen LogP contribution in [0.15, 0.2) is 12.1 Å². The van der Waals surface area contributed by atoms with Gasteiger partial charge in [-0.25, -0.2) is 4.98 Å². The molecule has 1 N–H and O–H groups in total. The van der Waals surface area contributed by atoms with E-state index >= 15 is 0 Å². The Morgan fingerprint density at radius 1 is 1.25 bits per heavy atom. The summed E-state index contributed by atoms with van der Waals surface area (Å²) >= 11 is 0. The lowest BCUT2D eigenvalue weighted by atomic mass is 10.1. The summed E-state index contributed by atoms with van der Waals surface area (Å²) in [4.78, 5) is 7.44. The first kappa shape index (κ1) is 13.9. The summed E-state index contributed by atoms with van der Waals surface area (Å²) in [5.41, 5.74) is 3.01. The molecule has 3 nitrogen and oxygen atoms in total. The molecule has 1 atom stereocenters. The van der Waals surface area contributed by atoms with E-state index < -0.39 is 0 Å². The second-order valence-electron chi connectivity index (χ2n) is 7.25. The van der Waals surface area contributed by atoms with Crippen LogP contribution in [0.2, 0.25) is 0 Å². The number of fused-ring (bicyclic) bond motifs is 1. The Hall–Kier alpha value is -1.09. The third kappa shape index (κ3) is 2.98. The molecular weight excluding hydrogens is 246 g/mol. The van der Waals surface area contributed by atoms with E-state index in [0.29, 0.717) is 6.04 Å². The van der Waals surface area contributed by atoms with Crippen LogP contribution in [0.25, 0.3) is 0 Å². The van der Waals surface area contributed by atoms with Crippen molar-refractivity contribution >= 4 is 5.82 Å². The number of hydrogen-bond acceptors (Lipinski definition) is 3. The summed E-state index contributed by atoms with van der Waals surface area (Å²) in [6.45, 7) is 8.92. The van der Waals surface area contributed by atoms with Crippen LogP contribution in [0.1, 0.15) is 51.3 Å². The number of pyridine rings is 1. The van der Waals surface area contributed by atoms with Crippen LogP contribution in [-0.4, -0.2) is 29.7 Å². The van der Waals surface area contributed by atoms with Gasteiger partial charge >= 0.3 is 0 Å². The maximum absolute atomic E-state index is 4.93. The molecule has 1 aliphatic heterocycles. The van der Waals surface area contributed by atoms with Gasteiger partial charge in [-0.2, -0.15) is 0 Å². The molecule has 1 aromatic rings. The molecule has 0 saturated carbocycles. The molecule has 3 rings (SSSR count). The number of hydrogen-bond donors (Lipinski definition) is 1. The van der Waals surface area contributed by atoms with Gasteiger partial charge in [-0.3, -0.25) is 0 Å². The molecule has 0 radical (unpaired) electrons. The van der Waals surface area contributed by atoms with E-state index in [0.717, 1.165) is 13.1 Å². The van der Waals surface area contributed by atoms with Crippen LogP contribution in [0, 0.1) is 0 Å². The zero-order valence-corrected chi connectivity index (χ0v) is 13.1. The number of nitrogens with one attached hydrogen (secondary N) is 1. The first-order valence-electron chi connectivity index (χ1n) is 8.03. The van der Waals surface area contributed by atoms with E-state index in [9.17, 15) is 0 Å². The molecule has 1 fully saturated rings. The maximum atomic E-state index is 4.93. The lowest BCUT2D eigenvalue weighted by Crippen LogP contribution is -2.45. The summed E-state index contributed by atoms with van der Waals surface area (Å²) in [6, 6.07) is 5.14. The highest BCUT2D eigenvalue weighted by Crippen LogP contribution is 2.28. The van der Waals surface area contributed by atoms with Crippen LogP contribution in [0.3, 0.4) is 0 Å². The van der Waals surface area contributed by atoms with E-state index in [-0.39, 0.29) is 5.54 Å². The van der Waals surface area contributed by atoms with Crippen molar-refractivity contribution < 1.29 is 0 Å². The molecule has 1 aliphatic carbocycles. The summed E-state index contributed by atoms with van der Waals surface area (Å²) in [5.74, 6) is 1.20. The van der Waals surface area contributed by atoms with Gasteiger partial charge in [0, 0.05) is 30.4 Å². The Balaban J connectivity index is 1.72. The fourth-order valence-electron chi connectivity index (χ4n) is 3.34. The number of aryl methyl sites for hydroxylation is 2. The van der Waals surface area contributed by atoms with Gasteiger partial charge in [-0.05, 0) is 64.5 Å². The van der Waals surface area contributed by atoms with Crippen molar-refractivity contribution in [1.82, 2.24) is 10.3 Å². The minimum absolute atomic E-state index is 0.194. The summed E-state index contributed by atoms with van der Waals surface area (Å²) < 4.78 is 0. The van der Waals surface area contributed by atoms with Crippen molar-refractivity contribution in [1.29, 1.82) is 0 Å². The Morgan fingerprint density at radius 2 is 2.10 bits per heavy atom. The topological polar surface area (TPSA) is 28.2 Å². The average molecular weight is 273 g/mol. The molecule has 0 bridgehead atoms. The highest BCUT2D eigenvalue weighted by molar-refractivity contribution is 5.45. The SMILES string of the molecule is CC(C)(C)NCC1CCCN1c1ccc2c(n1)CCC2. The van der Waals surface area contributed by atoms with Gasteiger partial charge < -0.3 is 10.2 Å². The molecule has 0 aromatic carbocycles. The Labute approximate surface area is 122 Å². The van der Waals surface area contributed by atoms with Gasteiger partial charge in [0.25, 0.3) is 0 Å².